The van der Waals surface area contributed by atoms with Gasteiger partial charge in [-0.25, -0.2) is 0 Å². The van der Waals surface area contributed by atoms with Gasteiger partial charge < -0.3 is 14.6 Å². The first-order valence-electron chi connectivity index (χ1n) is 10.6. The van der Waals surface area contributed by atoms with Gasteiger partial charge in [-0.15, -0.1) is 0 Å². The molecule has 2 aliphatic rings. The number of thiocarbonyl (C=S) groups is 1. The fourth-order valence-electron chi connectivity index (χ4n) is 4.20. The number of fused-ring (bicyclic) bond motifs is 1. The second-order valence-electron chi connectivity index (χ2n) is 8.11. The van der Waals surface area contributed by atoms with Crippen LogP contribution in [0.5, 0.6) is 0 Å². The van der Waals surface area contributed by atoms with Crippen molar-refractivity contribution in [3.63, 3.8) is 0 Å². The van der Waals surface area contributed by atoms with Crippen molar-refractivity contribution < 1.29 is 19.1 Å². The Labute approximate surface area is 191 Å². The van der Waals surface area contributed by atoms with Crippen LogP contribution in [-0.2, 0) is 25.7 Å². The molecule has 1 aromatic carbocycles. The molecule has 0 saturated carbocycles. The highest BCUT2D eigenvalue weighted by molar-refractivity contribution is 7.80. The fraction of sp³-hybridized carbons (Fsp3) is 0.391. The number of carbonyl (C=O) groups is 3. The summed E-state index contributed by atoms with van der Waals surface area (Å²) in [5.74, 6) is -0.995. The first kappa shape index (κ1) is 22.2. The van der Waals surface area contributed by atoms with Crippen molar-refractivity contribution in [1.29, 1.82) is 0 Å². The maximum absolute atomic E-state index is 12.8. The van der Waals surface area contributed by atoms with Gasteiger partial charge in [0.25, 0.3) is 11.8 Å². The van der Waals surface area contributed by atoms with Crippen LogP contribution in [0, 0.1) is 6.92 Å². The van der Waals surface area contributed by atoms with Crippen LogP contribution in [-0.4, -0.2) is 70.6 Å². The molecule has 2 fully saturated rings. The summed E-state index contributed by atoms with van der Waals surface area (Å²) >= 11 is 5.17. The smallest absolute Gasteiger partial charge is 0.265 e. The third kappa shape index (κ3) is 3.93. The van der Waals surface area contributed by atoms with Crippen molar-refractivity contribution in [2.75, 3.05) is 27.2 Å². The zero-order valence-corrected chi connectivity index (χ0v) is 19.2. The first-order valence-corrected chi connectivity index (χ1v) is 11.0. The predicted octanol–water partition coefficient (Wildman–Crippen LogP) is 1.84. The molecule has 1 N–H and O–H groups in total. The second kappa shape index (κ2) is 8.84. The molecular formula is C23H26N4O4S. The molecule has 0 spiro atoms. The lowest BCUT2D eigenvalue weighted by Crippen LogP contribution is -2.52. The third-order valence-corrected chi connectivity index (χ3v) is 6.61. The Bertz CT molecular complexity index is 1120. The fourth-order valence-corrected chi connectivity index (χ4v) is 4.36. The molecule has 2 aromatic rings. The van der Waals surface area contributed by atoms with Crippen molar-refractivity contribution in [2.24, 2.45) is 0 Å². The topological polar surface area (TPSA) is 83.9 Å². The maximum Gasteiger partial charge on any atom is 0.265 e. The standard InChI is InChI=1S/C23H26N4O4S/c1-14-17(11-18-21(29)25(2)23(32)26(3)22(18)30)16-8-4-5-9-19(16)27(14)13-20(28)24-12-15-7-6-10-31-15/h4-5,8-9,11,15H,6-7,10,12-13H2,1-3H3,(H,24,28)/t15-/m0/s1. The van der Waals surface area contributed by atoms with E-state index in [-0.39, 0.29) is 29.2 Å². The van der Waals surface area contributed by atoms with E-state index in [1.165, 1.54) is 9.80 Å². The van der Waals surface area contributed by atoms with Gasteiger partial charge >= 0.3 is 0 Å². The monoisotopic (exact) mass is 454 g/mol. The molecule has 0 unspecified atom stereocenters. The Kier molecular flexibility index (Phi) is 6.12. The first-order chi connectivity index (χ1) is 15.3. The Balaban J connectivity index is 1.67. The average molecular weight is 455 g/mol. The molecule has 2 aliphatic heterocycles. The number of rotatable bonds is 5. The van der Waals surface area contributed by atoms with E-state index in [4.69, 9.17) is 17.0 Å². The van der Waals surface area contributed by atoms with Gasteiger partial charge in [0.05, 0.1) is 6.10 Å². The SMILES string of the molecule is Cc1c(C=C2C(=O)N(C)C(=S)N(C)C2=O)c2ccccc2n1CC(=O)NC[C@@H]1CCCO1. The highest BCUT2D eigenvalue weighted by Gasteiger charge is 2.35. The Morgan fingerprint density at radius 3 is 2.56 bits per heavy atom. The molecule has 0 radical (unpaired) electrons. The highest BCUT2D eigenvalue weighted by atomic mass is 32.1. The minimum Gasteiger partial charge on any atom is -0.376 e. The largest absolute Gasteiger partial charge is 0.376 e. The molecule has 3 amide bonds. The van der Waals surface area contributed by atoms with Gasteiger partial charge in [0, 0.05) is 49.4 Å². The minimum absolute atomic E-state index is 0.0393. The Morgan fingerprint density at radius 2 is 1.91 bits per heavy atom. The lowest BCUT2D eigenvalue weighted by Gasteiger charge is -2.31. The summed E-state index contributed by atoms with van der Waals surface area (Å²) in [5, 5.41) is 3.98. The third-order valence-electron chi connectivity index (χ3n) is 6.06. The summed E-state index contributed by atoms with van der Waals surface area (Å²) in [5.41, 5.74) is 2.43. The molecule has 2 saturated heterocycles. The number of likely N-dealkylation sites (N-methyl/N-ethyl adjacent to an activating group) is 2. The maximum atomic E-state index is 12.8. The normalized spacial score (nSPS) is 19.3. The number of carbonyl (C=O) groups excluding carboxylic acids is 3. The molecule has 168 valence electrons. The van der Waals surface area contributed by atoms with Crippen molar-refractivity contribution in [2.45, 2.75) is 32.4 Å². The van der Waals surface area contributed by atoms with Gasteiger partial charge in [-0.3, -0.25) is 24.2 Å². The number of amides is 3. The summed E-state index contributed by atoms with van der Waals surface area (Å²) in [6.45, 7) is 3.26. The summed E-state index contributed by atoms with van der Waals surface area (Å²) in [6.07, 6.45) is 3.66. The van der Waals surface area contributed by atoms with Crippen LogP contribution in [0.3, 0.4) is 0 Å². The van der Waals surface area contributed by atoms with E-state index in [1.54, 1.807) is 20.2 Å². The Hall–Kier alpha value is -3.04. The molecular weight excluding hydrogens is 428 g/mol. The number of hydrogen-bond donors (Lipinski definition) is 1. The lowest BCUT2D eigenvalue weighted by atomic mass is 10.0. The van der Waals surface area contributed by atoms with Crippen LogP contribution in [0.4, 0.5) is 0 Å². The summed E-state index contributed by atoms with van der Waals surface area (Å²) < 4.78 is 7.48. The van der Waals surface area contributed by atoms with Gasteiger partial charge in [0.15, 0.2) is 5.11 Å². The molecule has 1 aromatic heterocycles. The highest BCUT2D eigenvalue weighted by Crippen LogP contribution is 2.29. The van der Waals surface area contributed by atoms with Gasteiger partial charge in [0.2, 0.25) is 5.91 Å². The molecule has 9 heteroatoms. The summed E-state index contributed by atoms with van der Waals surface area (Å²) in [6, 6.07) is 7.64. The van der Waals surface area contributed by atoms with Crippen LogP contribution in [0.2, 0.25) is 0 Å². The zero-order valence-electron chi connectivity index (χ0n) is 18.4. The number of aromatic nitrogens is 1. The van der Waals surface area contributed by atoms with Crippen LogP contribution >= 0.6 is 12.2 Å². The van der Waals surface area contributed by atoms with Crippen molar-refractivity contribution in [3.05, 3.63) is 41.1 Å². The number of para-hydroxylation sites is 1. The number of benzene rings is 1. The molecule has 0 aliphatic carbocycles. The van der Waals surface area contributed by atoms with Crippen molar-refractivity contribution >= 4 is 52.0 Å². The summed E-state index contributed by atoms with van der Waals surface area (Å²) in [4.78, 5) is 40.8. The zero-order chi connectivity index (χ0) is 23.0. The van der Waals surface area contributed by atoms with E-state index in [0.29, 0.717) is 6.54 Å². The van der Waals surface area contributed by atoms with Crippen molar-refractivity contribution in [3.8, 4) is 0 Å². The quantitative estimate of drug-likeness (QED) is 0.424. The van der Waals surface area contributed by atoms with Crippen LogP contribution in [0.1, 0.15) is 24.1 Å². The van der Waals surface area contributed by atoms with Crippen LogP contribution < -0.4 is 5.32 Å². The molecule has 1 atom stereocenters. The summed E-state index contributed by atoms with van der Waals surface area (Å²) in [7, 11) is 3.10. The Morgan fingerprint density at radius 1 is 1.22 bits per heavy atom. The average Bonchev–Trinajstić information content (AvgIpc) is 3.40. The number of hydrogen-bond acceptors (Lipinski definition) is 5. The van der Waals surface area contributed by atoms with Gasteiger partial charge in [-0.1, -0.05) is 18.2 Å². The van der Waals surface area contributed by atoms with Crippen molar-refractivity contribution in [1.82, 2.24) is 19.7 Å². The van der Waals surface area contributed by atoms with Gasteiger partial charge in [0.1, 0.15) is 12.1 Å². The van der Waals surface area contributed by atoms with E-state index in [9.17, 15) is 14.4 Å². The molecule has 8 nitrogen and oxygen atoms in total. The second-order valence-corrected chi connectivity index (χ2v) is 8.48. The van der Waals surface area contributed by atoms with E-state index >= 15 is 0 Å². The number of nitrogens with zero attached hydrogens (tertiary/aromatic N) is 3. The minimum atomic E-state index is -0.441. The van der Waals surface area contributed by atoms with Gasteiger partial charge in [-0.05, 0) is 44.1 Å². The molecule has 4 rings (SSSR count). The van der Waals surface area contributed by atoms with E-state index in [1.807, 2.05) is 35.8 Å². The van der Waals surface area contributed by atoms with E-state index in [2.05, 4.69) is 5.32 Å². The van der Waals surface area contributed by atoms with E-state index < -0.39 is 11.8 Å². The van der Waals surface area contributed by atoms with E-state index in [0.717, 1.165) is 41.6 Å². The van der Waals surface area contributed by atoms with Crippen LogP contribution in [0.25, 0.3) is 17.0 Å². The lowest BCUT2D eigenvalue weighted by molar-refractivity contribution is -0.132. The van der Waals surface area contributed by atoms with Gasteiger partial charge in [-0.2, -0.15) is 0 Å². The molecule has 0 bridgehead atoms. The molecule has 3 heterocycles. The number of nitrogens with one attached hydrogen (secondary N) is 1. The number of ether oxygens (including phenoxy) is 1. The van der Waals surface area contributed by atoms with Crippen LogP contribution in [0.15, 0.2) is 29.8 Å². The molecule has 32 heavy (non-hydrogen) atoms. The predicted molar refractivity (Wildman–Crippen MR) is 125 cm³/mol.